The van der Waals surface area contributed by atoms with Crippen molar-refractivity contribution < 1.29 is 17.9 Å². The second kappa shape index (κ2) is 7.41. The molecule has 25 heavy (non-hydrogen) atoms. The molecule has 3 rings (SSSR count). The highest BCUT2D eigenvalue weighted by atomic mass is 79.9. The molecule has 0 radical (unpaired) electrons. The molecule has 0 saturated carbocycles. The number of amides is 1. The number of anilines is 1. The van der Waals surface area contributed by atoms with Crippen molar-refractivity contribution in [2.24, 2.45) is 0 Å². The zero-order valence-electron chi connectivity index (χ0n) is 13.2. The lowest BCUT2D eigenvalue weighted by atomic mass is 10.2. The number of hydrogen-bond donors (Lipinski definition) is 0. The monoisotopic (exact) mass is 421 g/mol. The van der Waals surface area contributed by atoms with Crippen LogP contribution in [0.15, 0.2) is 70.6 Å². The quantitative estimate of drug-likeness (QED) is 0.743. The number of sulfone groups is 1. The van der Waals surface area contributed by atoms with E-state index in [0.717, 1.165) is 9.88 Å². The smallest absolute Gasteiger partial charge is 0.265 e. The van der Waals surface area contributed by atoms with Gasteiger partial charge in [-0.1, -0.05) is 34.1 Å². The molecule has 2 aromatic rings. The molecule has 1 aliphatic heterocycles. The van der Waals surface area contributed by atoms with E-state index in [1.54, 1.807) is 42.5 Å². The summed E-state index contributed by atoms with van der Waals surface area (Å²) >= 11 is 3.34. The van der Waals surface area contributed by atoms with Gasteiger partial charge in [-0.2, -0.15) is 0 Å². The molecular formula is C18H16BrNO4S. The van der Waals surface area contributed by atoms with Crippen molar-refractivity contribution in [2.75, 3.05) is 17.3 Å². The van der Waals surface area contributed by atoms with Crippen LogP contribution in [0.4, 0.5) is 5.69 Å². The highest BCUT2D eigenvalue weighted by Gasteiger charge is 2.31. The lowest BCUT2D eigenvalue weighted by Gasteiger charge is -2.27. The number of ether oxygens (including phenoxy) is 1. The molecule has 1 aliphatic rings. The third-order valence-corrected chi connectivity index (χ3v) is 5.63. The van der Waals surface area contributed by atoms with Gasteiger partial charge in [0.15, 0.2) is 16.4 Å². The van der Waals surface area contributed by atoms with Crippen LogP contribution in [0, 0.1) is 0 Å². The molecule has 7 heteroatoms. The highest BCUT2D eigenvalue weighted by Crippen LogP contribution is 2.23. The van der Waals surface area contributed by atoms with Crippen LogP contribution in [0.2, 0.25) is 0 Å². The molecule has 0 spiro atoms. The first-order chi connectivity index (χ1) is 11.9. The fraction of sp³-hybridized carbons (Fsp3) is 0.167. The van der Waals surface area contributed by atoms with Gasteiger partial charge >= 0.3 is 0 Å². The lowest BCUT2D eigenvalue weighted by molar-refractivity contribution is -0.120. The Labute approximate surface area is 155 Å². The maximum atomic E-state index is 12.7. The Bertz CT molecular complexity index is 879. The average Bonchev–Trinajstić information content (AvgIpc) is 2.95. The minimum atomic E-state index is -3.27. The highest BCUT2D eigenvalue weighted by molar-refractivity contribution is 9.10. The normalized spacial score (nSPS) is 18.0. The Hall–Kier alpha value is -2.12. The minimum Gasteiger partial charge on any atom is -0.484 e. The number of nitrogens with zero attached hydrogens (tertiary/aromatic N) is 1. The molecule has 1 unspecified atom stereocenters. The van der Waals surface area contributed by atoms with E-state index in [4.69, 9.17) is 4.74 Å². The summed E-state index contributed by atoms with van der Waals surface area (Å²) in [4.78, 5) is 14.2. The predicted molar refractivity (Wildman–Crippen MR) is 100 cm³/mol. The van der Waals surface area contributed by atoms with Gasteiger partial charge in [0.25, 0.3) is 5.91 Å². The Morgan fingerprint density at radius 1 is 1.12 bits per heavy atom. The maximum Gasteiger partial charge on any atom is 0.265 e. The minimum absolute atomic E-state index is 0.119. The molecule has 5 nitrogen and oxygen atoms in total. The maximum absolute atomic E-state index is 12.7. The van der Waals surface area contributed by atoms with Gasteiger partial charge in [-0.15, -0.1) is 0 Å². The van der Waals surface area contributed by atoms with E-state index in [9.17, 15) is 13.2 Å². The summed E-state index contributed by atoms with van der Waals surface area (Å²) in [5.74, 6) is 0.145. The summed E-state index contributed by atoms with van der Waals surface area (Å²) in [5, 5.41) is 1.16. The number of halogens is 1. The number of benzene rings is 2. The van der Waals surface area contributed by atoms with E-state index in [0.29, 0.717) is 11.4 Å². The van der Waals surface area contributed by atoms with Crippen molar-refractivity contribution in [3.05, 3.63) is 70.6 Å². The van der Waals surface area contributed by atoms with Gasteiger partial charge in [0.1, 0.15) is 5.75 Å². The van der Waals surface area contributed by atoms with Crippen LogP contribution in [0.5, 0.6) is 5.75 Å². The summed E-state index contributed by atoms with van der Waals surface area (Å²) in [7, 11) is -3.27. The molecule has 0 fully saturated rings. The van der Waals surface area contributed by atoms with E-state index in [-0.39, 0.29) is 18.3 Å². The molecule has 130 valence electrons. The second-order valence-corrected chi connectivity index (χ2v) is 8.41. The van der Waals surface area contributed by atoms with Crippen molar-refractivity contribution in [1.82, 2.24) is 0 Å². The Balaban J connectivity index is 1.78. The molecule has 1 amide bonds. The van der Waals surface area contributed by atoms with Crippen molar-refractivity contribution in [3.8, 4) is 5.75 Å². The van der Waals surface area contributed by atoms with Crippen LogP contribution in [-0.2, 0) is 14.6 Å². The molecule has 2 aromatic carbocycles. The SMILES string of the molecule is O=C(COc1ccc(Br)cc1)N(c1ccccc1)C1C=CS(=O)(=O)C1. The van der Waals surface area contributed by atoms with Crippen LogP contribution in [0.25, 0.3) is 0 Å². The van der Waals surface area contributed by atoms with Gasteiger partial charge in [0, 0.05) is 15.6 Å². The van der Waals surface area contributed by atoms with E-state index in [1.165, 1.54) is 4.90 Å². The van der Waals surface area contributed by atoms with E-state index < -0.39 is 15.9 Å². The second-order valence-electron chi connectivity index (χ2n) is 5.57. The zero-order chi connectivity index (χ0) is 17.9. The summed E-state index contributed by atoms with van der Waals surface area (Å²) in [5.41, 5.74) is 0.638. The van der Waals surface area contributed by atoms with Crippen LogP contribution in [0.1, 0.15) is 0 Å². The van der Waals surface area contributed by atoms with E-state index >= 15 is 0 Å². The fourth-order valence-electron chi connectivity index (χ4n) is 2.57. The fourth-order valence-corrected chi connectivity index (χ4v) is 4.11. The Kier molecular flexibility index (Phi) is 5.24. The number of hydrogen-bond acceptors (Lipinski definition) is 4. The third kappa shape index (κ3) is 4.49. The summed E-state index contributed by atoms with van der Waals surface area (Å²) < 4.78 is 30.0. The lowest BCUT2D eigenvalue weighted by Crippen LogP contribution is -2.43. The van der Waals surface area contributed by atoms with Crippen LogP contribution < -0.4 is 9.64 Å². The van der Waals surface area contributed by atoms with Gasteiger partial charge in [0.2, 0.25) is 0 Å². The Morgan fingerprint density at radius 2 is 1.80 bits per heavy atom. The Morgan fingerprint density at radius 3 is 2.40 bits per heavy atom. The molecule has 0 aromatic heterocycles. The topological polar surface area (TPSA) is 63.7 Å². The zero-order valence-corrected chi connectivity index (χ0v) is 15.6. The summed E-state index contributed by atoms with van der Waals surface area (Å²) in [6.45, 7) is -0.180. The first-order valence-corrected chi connectivity index (χ1v) is 10.1. The molecule has 0 N–H and O–H groups in total. The number of para-hydroxylation sites is 1. The average molecular weight is 422 g/mol. The van der Waals surface area contributed by atoms with Gasteiger partial charge in [-0.3, -0.25) is 4.79 Å². The molecule has 0 aliphatic carbocycles. The number of carbonyl (C=O) groups excluding carboxylic acids is 1. The first kappa shape index (κ1) is 17.7. The standard InChI is InChI=1S/C18H16BrNO4S/c19-14-6-8-17(9-7-14)24-12-18(21)20(15-4-2-1-3-5-15)16-10-11-25(22,23)13-16/h1-11,16H,12-13H2. The predicted octanol–water partition coefficient (Wildman–Crippen LogP) is 3.17. The molecular weight excluding hydrogens is 406 g/mol. The van der Waals surface area contributed by atoms with E-state index in [2.05, 4.69) is 15.9 Å². The summed E-state index contributed by atoms with van der Waals surface area (Å²) in [6.07, 6.45) is 1.54. The first-order valence-electron chi connectivity index (χ1n) is 7.61. The van der Waals surface area contributed by atoms with Gasteiger partial charge in [-0.25, -0.2) is 8.42 Å². The van der Waals surface area contributed by atoms with Gasteiger partial charge < -0.3 is 9.64 Å². The largest absolute Gasteiger partial charge is 0.484 e. The van der Waals surface area contributed by atoms with Gasteiger partial charge in [-0.05, 0) is 42.5 Å². The molecule has 0 saturated heterocycles. The number of carbonyl (C=O) groups is 1. The van der Waals surface area contributed by atoms with E-state index in [1.807, 2.05) is 18.2 Å². The van der Waals surface area contributed by atoms with Crippen LogP contribution in [-0.4, -0.2) is 32.7 Å². The number of rotatable bonds is 5. The molecule has 1 atom stereocenters. The van der Waals surface area contributed by atoms with Crippen molar-refractivity contribution in [2.45, 2.75) is 6.04 Å². The third-order valence-electron chi connectivity index (χ3n) is 3.72. The van der Waals surface area contributed by atoms with Crippen molar-refractivity contribution in [3.63, 3.8) is 0 Å². The van der Waals surface area contributed by atoms with Crippen LogP contribution >= 0.6 is 15.9 Å². The van der Waals surface area contributed by atoms with Crippen LogP contribution in [0.3, 0.4) is 0 Å². The van der Waals surface area contributed by atoms with Crippen molar-refractivity contribution >= 4 is 37.4 Å². The van der Waals surface area contributed by atoms with Crippen molar-refractivity contribution in [1.29, 1.82) is 0 Å². The van der Waals surface area contributed by atoms with Gasteiger partial charge in [0.05, 0.1) is 11.8 Å². The summed E-state index contributed by atoms with van der Waals surface area (Å²) in [6, 6.07) is 15.6. The molecule has 1 heterocycles. The molecule has 0 bridgehead atoms.